The van der Waals surface area contributed by atoms with Crippen LogP contribution in [0, 0.1) is 23.7 Å². The van der Waals surface area contributed by atoms with Crippen LogP contribution in [0.15, 0.2) is 103 Å². The minimum absolute atomic E-state index is 0.380. The van der Waals surface area contributed by atoms with Gasteiger partial charge in [-0.25, -0.2) is 4.79 Å². The standard InChI is InChI=1S/C34H28N2O2/c37-34(35-26-28-16-8-5-9-17-28)38-24-14-4-2-1-3-7-15-27-22-23-33-31(25-27)30-20-12-13-21-32(30)36(33)29-18-10-6-11-19-29/h5-6,8-13,16-23,25H,2,4,14,24,26H2,(H,35,37). The second-order valence-electron chi connectivity index (χ2n) is 8.90. The molecule has 0 saturated carbocycles. The minimum atomic E-state index is -0.394. The molecule has 5 aromatic rings. The number of ether oxygens (including phenoxy) is 1. The smallest absolute Gasteiger partial charge is 0.407 e. The van der Waals surface area contributed by atoms with Crippen molar-refractivity contribution in [3.05, 3.63) is 114 Å². The van der Waals surface area contributed by atoms with Crippen molar-refractivity contribution >= 4 is 27.9 Å². The first kappa shape index (κ1) is 24.8. The third kappa shape index (κ3) is 6.06. The Balaban J connectivity index is 1.14. The van der Waals surface area contributed by atoms with E-state index in [1.807, 2.05) is 36.4 Å². The zero-order valence-electron chi connectivity index (χ0n) is 21.1. The fraction of sp³-hybridized carbons (Fsp3) is 0.147. The molecule has 1 N–H and O–H groups in total. The maximum absolute atomic E-state index is 11.8. The monoisotopic (exact) mass is 496 g/mol. The van der Waals surface area contributed by atoms with Crippen LogP contribution in [0.2, 0.25) is 0 Å². The van der Waals surface area contributed by atoms with Crippen molar-refractivity contribution < 1.29 is 9.53 Å². The minimum Gasteiger partial charge on any atom is -0.450 e. The van der Waals surface area contributed by atoms with Gasteiger partial charge in [-0.1, -0.05) is 78.6 Å². The number of fused-ring (bicyclic) bond motifs is 3. The molecule has 0 aliphatic heterocycles. The van der Waals surface area contributed by atoms with Gasteiger partial charge in [0.1, 0.15) is 0 Å². The summed E-state index contributed by atoms with van der Waals surface area (Å²) in [5, 5.41) is 5.14. The molecule has 0 unspecified atom stereocenters. The highest BCUT2D eigenvalue weighted by Gasteiger charge is 2.11. The molecule has 4 aromatic carbocycles. The van der Waals surface area contributed by atoms with Gasteiger partial charge < -0.3 is 14.6 Å². The highest BCUT2D eigenvalue weighted by atomic mass is 16.5. The zero-order chi connectivity index (χ0) is 26.0. The van der Waals surface area contributed by atoms with Crippen LogP contribution in [-0.4, -0.2) is 17.3 Å². The molecule has 4 heteroatoms. The van der Waals surface area contributed by atoms with E-state index in [0.717, 1.165) is 35.2 Å². The molecule has 1 amide bonds. The average molecular weight is 497 g/mol. The Bertz CT molecular complexity index is 1660. The normalized spacial score (nSPS) is 10.3. The third-order valence-electron chi connectivity index (χ3n) is 6.25. The molecule has 0 spiro atoms. The van der Waals surface area contributed by atoms with E-state index in [-0.39, 0.29) is 0 Å². The first-order chi connectivity index (χ1) is 18.8. The number of nitrogens with one attached hydrogen (secondary N) is 1. The number of amides is 1. The van der Waals surface area contributed by atoms with Gasteiger partial charge >= 0.3 is 6.09 Å². The van der Waals surface area contributed by atoms with Crippen molar-refractivity contribution in [2.75, 3.05) is 6.61 Å². The summed E-state index contributed by atoms with van der Waals surface area (Å²) < 4.78 is 7.51. The Morgan fingerprint density at radius 1 is 0.763 bits per heavy atom. The lowest BCUT2D eigenvalue weighted by molar-refractivity contribution is 0.143. The Morgan fingerprint density at radius 3 is 2.34 bits per heavy atom. The van der Waals surface area contributed by atoms with Crippen LogP contribution in [0.25, 0.3) is 27.5 Å². The van der Waals surface area contributed by atoms with Crippen molar-refractivity contribution in [2.45, 2.75) is 25.8 Å². The Hall–Kier alpha value is -4.93. The van der Waals surface area contributed by atoms with Gasteiger partial charge in [0.15, 0.2) is 0 Å². The van der Waals surface area contributed by atoms with E-state index < -0.39 is 6.09 Å². The topological polar surface area (TPSA) is 43.3 Å². The largest absolute Gasteiger partial charge is 0.450 e. The van der Waals surface area contributed by atoms with Gasteiger partial charge in [0.25, 0.3) is 0 Å². The van der Waals surface area contributed by atoms with Crippen LogP contribution in [0.5, 0.6) is 0 Å². The Morgan fingerprint density at radius 2 is 1.50 bits per heavy atom. The maximum Gasteiger partial charge on any atom is 0.407 e. The van der Waals surface area contributed by atoms with E-state index in [9.17, 15) is 4.79 Å². The number of aromatic nitrogens is 1. The molecule has 0 aliphatic rings. The molecule has 1 heterocycles. The molecule has 186 valence electrons. The number of para-hydroxylation sites is 2. The van der Waals surface area contributed by atoms with Crippen molar-refractivity contribution in [1.82, 2.24) is 9.88 Å². The summed E-state index contributed by atoms with van der Waals surface area (Å²) in [6.07, 6.45) is 1.94. The number of hydrogen-bond donors (Lipinski definition) is 1. The van der Waals surface area contributed by atoms with E-state index in [2.05, 4.69) is 100 Å². The van der Waals surface area contributed by atoms with Crippen molar-refractivity contribution in [2.24, 2.45) is 0 Å². The van der Waals surface area contributed by atoms with E-state index in [4.69, 9.17) is 4.74 Å². The van der Waals surface area contributed by atoms with Crippen molar-refractivity contribution in [3.63, 3.8) is 0 Å². The molecular formula is C34H28N2O2. The van der Waals surface area contributed by atoms with Gasteiger partial charge in [-0.2, -0.15) is 0 Å². The zero-order valence-corrected chi connectivity index (χ0v) is 21.1. The lowest BCUT2D eigenvalue weighted by atomic mass is 10.1. The first-order valence-corrected chi connectivity index (χ1v) is 12.8. The van der Waals surface area contributed by atoms with Crippen LogP contribution in [-0.2, 0) is 11.3 Å². The molecule has 0 radical (unpaired) electrons. The summed E-state index contributed by atoms with van der Waals surface area (Å²) in [5.74, 6) is 12.2. The quantitative estimate of drug-likeness (QED) is 0.191. The van der Waals surface area contributed by atoms with E-state index >= 15 is 0 Å². The molecule has 1 aromatic heterocycles. The number of carbonyl (C=O) groups is 1. The molecule has 0 saturated heterocycles. The maximum atomic E-state index is 11.8. The summed E-state index contributed by atoms with van der Waals surface area (Å²) >= 11 is 0. The van der Waals surface area contributed by atoms with E-state index in [1.54, 1.807) is 0 Å². The SMILES string of the molecule is O=C(NCc1ccccc1)OCCCCC#CC#Cc1ccc2c(c1)c1ccccc1n2-c1ccccc1. The molecular weight excluding hydrogens is 468 g/mol. The number of hydrogen-bond acceptors (Lipinski definition) is 2. The Kier molecular flexibility index (Phi) is 8.04. The van der Waals surface area contributed by atoms with Gasteiger partial charge in [-0.05, 0) is 66.6 Å². The lowest BCUT2D eigenvalue weighted by Gasteiger charge is -2.07. The summed E-state index contributed by atoms with van der Waals surface area (Å²) in [4.78, 5) is 11.8. The second kappa shape index (κ2) is 12.3. The fourth-order valence-corrected chi connectivity index (χ4v) is 4.42. The summed E-state index contributed by atoms with van der Waals surface area (Å²) in [6, 6.07) is 35.0. The van der Waals surface area contributed by atoms with Crippen LogP contribution in [0.4, 0.5) is 4.79 Å². The molecule has 4 nitrogen and oxygen atoms in total. The molecule has 0 bridgehead atoms. The summed E-state index contributed by atoms with van der Waals surface area (Å²) in [6.45, 7) is 0.844. The molecule has 5 rings (SSSR count). The number of unbranched alkanes of at least 4 members (excludes halogenated alkanes) is 2. The van der Waals surface area contributed by atoms with E-state index in [1.165, 1.54) is 16.3 Å². The van der Waals surface area contributed by atoms with E-state index in [0.29, 0.717) is 19.6 Å². The number of carbonyl (C=O) groups excluding carboxylic acids is 1. The fourth-order valence-electron chi connectivity index (χ4n) is 4.42. The van der Waals surface area contributed by atoms with Crippen molar-refractivity contribution in [1.29, 1.82) is 0 Å². The van der Waals surface area contributed by atoms with Crippen LogP contribution in [0.3, 0.4) is 0 Å². The summed E-state index contributed by atoms with van der Waals surface area (Å²) in [7, 11) is 0. The highest BCUT2D eigenvalue weighted by Crippen LogP contribution is 2.32. The summed E-state index contributed by atoms with van der Waals surface area (Å²) in [5.41, 5.74) is 5.46. The number of benzene rings is 4. The third-order valence-corrected chi connectivity index (χ3v) is 6.25. The highest BCUT2D eigenvalue weighted by molar-refractivity contribution is 6.09. The molecule has 0 fully saturated rings. The van der Waals surface area contributed by atoms with Crippen LogP contribution >= 0.6 is 0 Å². The predicted octanol–water partition coefficient (Wildman–Crippen LogP) is 7.24. The van der Waals surface area contributed by atoms with Crippen LogP contribution in [0.1, 0.15) is 30.4 Å². The Labute approximate surface area is 223 Å². The van der Waals surface area contributed by atoms with Crippen LogP contribution < -0.4 is 5.32 Å². The van der Waals surface area contributed by atoms with Gasteiger partial charge in [0, 0.05) is 35.0 Å². The molecule has 0 atom stereocenters. The molecule has 38 heavy (non-hydrogen) atoms. The lowest BCUT2D eigenvalue weighted by Crippen LogP contribution is -2.24. The van der Waals surface area contributed by atoms with Gasteiger partial charge in [-0.15, -0.1) is 0 Å². The number of rotatable bonds is 7. The first-order valence-electron chi connectivity index (χ1n) is 12.8. The number of alkyl carbamates (subject to hydrolysis) is 1. The number of nitrogens with zero attached hydrogens (tertiary/aromatic N) is 1. The second-order valence-corrected chi connectivity index (χ2v) is 8.90. The predicted molar refractivity (Wildman–Crippen MR) is 154 cm³/mol. The molecule has 0 aliphatic carbocycles. The van der Waals surface area contributed by atoms with Gasteiger partial charge in [-0.3, -0.25) is 0 Å². The van der Waals surface area contributed by atoms with Gasteiger partial charge in [0.05, 0.1) is 17.6 Å². The average Bonchev–Trinajstić information content (AvgIpc) is 3.30. The van der Waals surface area contributed by atoms with Crippen molar-refractivity contribution in [3.8, 4) is 29.4 Å². The van der Waals surface area contributed by atoms with Gasteiger partial charge in [0.2, 0.25) is 0 Å².